The molecule has 1 saturated heterocycles. The minimum Gasteiger partial charge on any atom is -0.339 e. The van der Waals surface area contributed by atoms with E-state index in [0.29, 0.717) is 17.3 Å². The summed E-state index contributed by atoms with van der Waals surface area (Å²) in [6, 6.07) is 0.0828. The number of amides is 2. The van der Waals surface area contributed by atoms with Crippen LogP contribution in [0.4, 0.5) is 4.79 Å². The van der Waals surface area contributed by atoms with Crippen LogP contribution < -0.4 is 0 Å². The van der Waals surface area contributed by atoms with Gasteiger partial charge >= 0.3 is 6.03 Å². The summed E-state index contributed by atoms with van der Waals surface area (Å²) < 4.78 is 5.47. The Morgan fingerprint density at radius 3 is 2.48 bits per heavy atom. The van der Waals surface area contributed by atoms with Crippen LogP contribution in [0.15, 0.2) is 4.52 Å². The van der Waals surface area contributed by atoms with Gasteiger partial charge in [0.05, 0.1) is 0 Å². The first-order chi connectivity index (χ1) is 9.88. The first-order valence-corrected chi connectivity index (χ1v) is 7.68. The Hall–Kier alpha value is -1.59. The quantitative estimate of drug-likeness (QED) is 0.840. The number of hydrogen-bond donors (Lipinski definition) is 0. The van der Waals surface area contributed by atoms with Gasteiger partial charge < -0.3 is 14.3 Å². The highest BCUT2D eigenvalue weighted by Crippen LogP contribution is 2.57. The van der Waals surface area contributed by atoms with Gasteiger partial charge in [-0.25, -0.2) is 4.79 Å². The number of hydrogen-bond acceptors (Lipinski definition) is 4. The largest absolute Gasteiger partial charge is 0.339 e. The molecule has 1 aliphatic carbocycles. The van der Waals surface area contributed by atoms with E-state index in [9.17, 15) is 4.79 Å². The SMILES string of the molecule is CN(C)C(=O)N1CCC(c2nc(C3CC3(C)C)no2)CC1. The topological polar surface area (TPSA) is 62.5 Å². The molecule has 2 aliphatic rings. The summed E-state index contributed by atoms with van der Waals surface area (Å²) in [5, 5.41) is 4.16. The predicted molar refractivity (Wildman–Crippen MR) is 78.1 cm³/mol. The number of likely N-dealkylation sites (tertiary alicyclic amines) is 1. The maximum Gasteiger partial charge on any atom is 0.319 e. The molecule has 21 heavy (non-hydrogen) atoms. The second-order valence-corrected chi connectivity index (χ2v) is 7.17. The summed E-state index contributed by atoms with van der Waals surface area (Å²) in [6.07, 6.45) is 2.94. The second kappa shape index (κ2) is 5.00. The smallest absolute Gasteiger partial charge is 0.319 e. The highest BCUT2D eigenvalue weighted by Gasteiger charge is 2.49. The Bertz CT molecular complexity index is 530. The van der Waals surface area contributed by atoms with Crippen molar-refractivity contribution < 1.29 is 9.32 Å². The lowest BCUT2D eigenvalue weighted by molar-refractivity contribution is 0.152. The lowest BCUT2D eigenvalue weighted by Crippen LogP contribution is -2.43. The third-order valence-corrected chi connectivity index (χ3v) is 4.78. The van der Waals surface area contributed by atoms with Crippen LogP contribution in [-0.2, 0) is 0 Å². The fraction of sp³-hybridized carbons (Fsp3) is 0.800. The highest BCUT2D eigenvalue weighted by molar-refractivity contribution is 5.73. The molecule has 0 radical (unpaired) electrons. The molecule has 1 unspecified atom stereocenters. The van der Waals surface area contributed by atoms with E-state index < -0.39 is 0 Å². The van der Waals surface area contributed by atoms with Gasteiger partial charge in [-0.15, -0.1) is 0 Å². The molecule has 0 bridgehead atoms. The molecular weight excluding hydrogens is 268 g/mol. The van der Waals surface area contributed by atoms with Crippen LogP contribution >= 0.6 is 0 Å². The lowest BCUT2D eigenvalue weighted by Gasteiger charge is -2.32. The van der Waals surface area contributed by atoms with Gasteiger partial charge in [0.25, 0.3) is 0 Å². The molecule has 6 nitrogen and oxygen atoms in total. The van der Waals surface area contributed by atoms with Crippen LogP contribution in [0.5, 0.6) is 0 Å². The molecule has 0 spiro atoms. The average Bonchev–Trinajstić information content (AvgIpc) is 2.89. The van der Waals surface area contributed by atoms with E-state index in [1.807, 2.05) is 4.90 Å². The molecular formula is C15H24N4O2. The van der Waals surface area contributed by atoms with Gasteiger partial charge in [-0.2, -0.15) is 4.98 Å². The third-order valence-electron chi connectivity index (χ3n) is 4.78. The first kappa shape index (κ1) is 14.4. The molecule has 1 aromatic rings. The Labute approximate surface area is 125 Å². The average molecular weight is 292 g/mol. The molecule has 1 atom stereocenters. The molecule has 116 valence electrons. The summed E-state index contributed by atoms with van der Waals surface area (Å²) in [4.78, 5) is 20.0. The van der Waals surface area contributed by atoms with Crippen molar-refractivity contribution in [3.05, 3.63) is 11.7 Å². The molecule has 2 fully saturated rings. The zero-order valence-corrected chi connectivity index (χ0v) is 13.3. The Kier molecular flexibility index (Phi) is 3.42. The van der Waals surface area contributed by atoms with Crippen LogP contribution in [0.25, 0.3) is 0 Å². The lowest BCUT2D eigenvalue weighted by atomic mass is 9.97. The summed E-state index contributed by atoms with van der Waals surface area (Å²) >= 11 is 0. The molecule has 0 aromatic carbocycles. The Morgan fingerprint density at radius 2 is 1.95 bits per heavy atom. The summed E-state index contributed by atoms with van der Waals surface area (Å²) in [7, 11) is 3.58. The normalized spacial score (nSPS) is 25.0. The maximum absolute atomic E-state index is 11.9. The van der Waals surface area contributed by atoms with E-state index in [1.165, 1.54) is 0 Å². The van der Waals surface area contributed by atoms with E-state index in [1.54, 1.807) is 19.0 Å². The zero-order chi connectivity index (χ0) is 15.2. The summed E-state index contributed by atoms with van der Waals surface area (Å²) in [6.45, 7) is 5.99. The van der Waals surface area contributed by atoms with Crippen LogP contribution in [0.2, 0.25) is 0 Å². The van der Waals surface area contributed by atoms with Gasteiger partial charge in [-0.3, -0.25) is 0 Å². The fourth-order valence-electron chi connectivity index (χ4n) is 3.06. The number of nitrogens with zero attached hydrogens (tertiary/aromatic N) is 4. The minimum absolute atomic E-state index is 0.0828. The van der Waals surface area contributed by atoms with Crippen molar-refractivity contribution in [3.63, 3.8) is 0 Å². The van der Waals surface area contributed by atoms with E-state index in [0.717, 1.165) is 44.1 Å². The van der Waals surface area contributed by atoms with Crippen molar-refractivity contribution in [2.45, 2.75) is 44.9 Å². The number of carbonyl (C=O) groups is 1. The van der Waals surface area contributed by atoms with Gasteiger partial charge in [-0.1, -0.05) is 19.0 Å². The highest BCUT2D eigenvalue weighted by atomic mass is 16.5. The van der Waals surface area contributed by atoms with Crippen molar-refractivity contribution in [2.24, 2.45) is 5.41 Å². The number of aromatic nitrogens is 2. The van der Waals surface area contributed by atoms with Gasteiger partial charge in [-0.05, 0) is 24.7 Å². The summed E-state index contributed by atoms with van der Waals surface area (Å²) in [5.41, 5.74) is 0.322. The van der Waals surface area contributed by atoms with Crippen molar-refractivity contribution in [1.29, 1.82) is 0 Å². The van der Waals surface area contributed by atoms with Crippen LogP contribution in [0.3, 0.4) is 0 Å². The first-order valence-electron chi connectivity index (χ1n) is 7.68. The molecule has 1 aromatic heterocycles. The molecule has 2 amide bonds. The van der Waals surface area contributed by atoms with Crippen LogP contribution in [0, 0.1) is 5.41 Å². The second-order valence-electron chi connectivity index (χ2n) is 7.17. The molecule has 1 aliphatic heterocycles. The number of urea groups is 1. The zero-order valence-electron chi connectivity index (χ0n) is 13.3. The van der Waals surface area contributed by atoms with Gasteiger partial charge in [0.2, 0.25) is 5.89 Å². The third kappa shape index (κ3) is 2.76. The molecule has 6 heteroatoms. The van der Waals surface area contributed by atoms with Crippen molar-refractivity contribution in [1.82, 2.24) is 19.9 Å². The molecule has 1 saturated carbocycles. The van der Waals surface area contributed by atoms with Crippen molar-refractivity contribution in [2.75, 3.05) is 27.2 Å². The molecule has 0 N–H and O–H groups in total. The minimum atomic E-state index is 0.0828. The fourth-order valence-corrected chi connectivity index (χ4v) is 3.06. The van der Waals surface area contributed by atoms with Gasteiger partial charge in [0.15, 0.2) is 5.82 Å². The summed E-state index contributed by atoms with van der Waals surface area (Å²) in [5.74, 6) is 2.36. The molecule has 3 rings (SSSR count). The number of carbonyl (C=O) groups excluding carboxylic acids is 1. The molecule has 2 heterocycles. The van der Waals surface area contributed by atoms with Crippen LogP contribution in [0.1, 0.15) is 56.7 Å². The Morgan fingerprint density at radius 1 is 1.33 bits per heavy atom. The Balaban J connectivity index is 1.59. The van der Waals surface area contributed by atoms with E-state index in [2.05, 4.69) is 24.0 Å². The van der Waals surface area contributed by atoms with Crippen LogP contribution in [-0.4, -0.2) is 53.2 Å². The van der Waals surface area contributed by atoms with Gasteiger partial charge in [0, 0.05) is 39.0 Å². The van der Waals surface area contributed by atoms with Gasteiger partial charge in [0.1, 0.15) is 0 Å². The van der Waals surface area contributed by atoms with E-state index in [-0.39, 0.29) is 6.03 Å². The standard InChI is InChI=1S/C15H24N4O2/c1-15(2)9-11(15)12-16-13(21-17-12)10-5-7-19(8-6-10)14(20)18(3)4/h10-11H,5-9H2,1-4H3. The van der Waals surface area contributed by atoms with E-state index in [4.69, 9.17) is 4.52 Å². The number of rotatable bonds is 2. The maximum atomic E-state index is 11.9. The van der Waals surface area contributed by atoms with Crippen molar-refractivity contribution >= 4 is 6.03 Å². The predicted octanol–water partition coefficient (Wildman–Crippen LogP) is 2.44. The monoisotopic (exact) mass is 292 g/mol. The van der Waals surface area contributed by atoms with Crippen molar-refractivity contribution in [3.8, 4) is 0 Å². The van der Waals surface area contributed by atoms with E-state index >= 15 is 0 Å². The number of piperidine rings is 1.